The van der Waals surface area contributed by atoms with Gasteiger partial charge < -0.3 is 41.5 Å². The van der Waals surface area contributed by atoms with Crippen LogP contribution in [0.15, 0.2) is 0 Å². The summed E-state index contributed by atoms with van der Waals surface area (Å²) < 4.78 is 0. The maximum atomic E-state index is 13.0. The maximum absolute atomic E-state index is 13.0. The van der Waals surface area contributed by atoms with Gasteiger partial charge in [-0.15, -0.1) is 0 Å². The Hall–Kier alpha value is -2.91. The van der Waals surface area contributed by atoms with Gasteiger partial charge in [-0.3, -0.25) is 24.0 Å². The van der Waals surface area contributed by atoms with Crippen molar-refractivity contribution in [1.82, 2.24) is 20.4 Å². The first kappa shape index (κ1) is 29.3. The van der Waals surface area contributed by atoms with Gasteiger partial charge in [-0.05, 0) is 32.1 Å². The van der Waals surface area contributed by atoms with E-state index in [1.54, 1.807) is 0 Å². The Morgan fingerprint density at radius 1 is 0.917 bits per heavy atom. The minimum atomic E-state index is -1.40. The molecular weight excluding hydrogens is 498 g/mol. The highest BCUT2D eigenvalue weighted by atomic mass is 32.1. The van der Waals surface area contributed by atoms with Crippen LogP contribution < -0.4 is 16.4 Å². The Kier molecular flexibility index (Phi) is 10.9. The summed E-state index contributed by atoms with van der Waals surface area (Å²) in [6.45, 7) is -0.359. The fraction of sp³-hybridized carbons (Fsp3) is 0.714. The second-order valence-corrected chi connectivity index (χ2v) is 9.11. The van der Waals surface area contributed by atoms with Crippen molar-refractivity contribution in [1.29, 1.82) is 0 Å². The summed E-state index contributed by atoms with van der Waals surface area (Å²) in [6.07, 6.45) is 1.05. The van der Waals surface area contributed by atoms with Crippen LogP contribution in [0.25, 0.3) is 0 Å². The van der Waals surface area contributed by atoms with Crippen molar-refractivity contribution in [2.75, 3.05) is 25.4 Å². The summed E-state index contributed by atoms with van der Waals surface area (Å²) in [4.78, 5) is 75.6. The molecule has 36 heavy (non-hydrogen) atoms. The monoisotopic (exact) mass is 531 g/mol. The van der Waals surface area contributed by atoms with Gasteiger partial charge in [-0.2, -0.15) is 12.6 Å². The highest BCUT2D eigenvalue weighted by molar-refractivity contribution is 7.80. The van der Waals surface area contributed by atoms with Gasteiger partial charge in [-0.25, -0.2) is 4.79 Å². The molecule has 0 aromatic rings. The average Bonchev–Trinajstić information content (AvgIpc) is 3.53. The standard InChI is InChI=1S/C21H33N5O9S/c22-11(5-6-16(28)29)17(30)23-12(9-27)19(32)25-7-1-3-14(25)18(31)24-13(10-36)20(33)26-8-2-4-15(26)21(34)35/h11-15,27,36H,1-10,22H2,(H,23,30)(H,24,31)(H,28,29)(H,34,35)/t11-,12-,13-,14-,15-/m0/s1. The third-order valence-corrected chi connectivity index (χ3v) is 6.62. The van der Waals surface area contributed by atoms with E-state index >= 15 is 0 Å². The van der Waals surface area contributed by atoms with Crippen molar-refractivity contribution in [3.63, 3.8) is 0 Å². The smallest absolute Gasteiger partial charge is 0.326 e. The normalized spacial score (nSPS) is 22.0. The molecule has 2 saturated heterocycles. The van der Waals surface area contributed by atoms with E-state index in [-0.39, 0.29) is 38.1 Å². The van der Waals surface area contributed by atoms with Crippen LogP contribution in [-0.4, -0.2) is 116 Å². The van der Waals surface area contributed by atoms with Crippen molar-refractivity contribution in [2.45, 2.75) is 68.7 Å². The molecule has 0 aliphatic carbocycles. The molecule has 5 atom stereocenters. The van der Waals surface area contributed by atoms with Crippen LogP contribution in [-0.2, 0) is 28.8 Å². The molecule has 0 saturated carbocycles. The number of aliphatic hydroxyl groups excluding tert-OH is 1. The summed E-state index contributed by atoms with van der Waals surface area (Å²) in [5.74, 6) is -5.11. The number of amides is 4. The fourth-order valence-electron chi connectivity index (χ4n) is 4.32. The molecule has 2 aliphatic heterocycles. The molecule has 2 heterocycles. The second kappa shape index (κ2) is 13.4. The number of carboxylic acid groups (broad SMARTS) is 2. The maximum Gasteiger partial charge on any atom is 0.326 e. The summed E-state index contributed by atoms with van der Waals surface area (Å²) in [6, 6.07) is -5.66. The lowest BCUT2D eigenvalue weighted by atomic mass is 10.1. The van der Waals surface area contributed by atoms with E-state index in [4.69, 9.17) is 10.8 Å². The molecule has 14 nitrogen and oxygen atoms in total. The van der Waals surface area contributed by atoms with E-state index in [1.807, 2.05) is 0 Å². The third-order valence-electron chi connectivity index (χ3n) is 6.26. The Bertz CT molecular complexity index is 873. The molecule has 0 aromatic heterocycles. The number of likely N-dealkylation sites (tertiary alicyclic amines) is 2. The topological polar surface area (TPSA) is 220 Å². The minimum absolute atomic E-state index is 0.0857. The number of carbonyl (C=O) groups is 6. The molecule has 2 aliphatic rings. The molecule has 2 rings (SSSR count). The van der Waals surface area contributed by atoms with Crippen molar-refractivity contribution in [2.24, 2.45) is 5.73 Å². The van der Waals surface area contributed by atoms with E-state index in [1.165, 1.54) is 9.80 Å². The number of hydrogen-bond acceptors (Lipinski definition) is 9. The number of nitrogens with one attached hydrogen (secondary N) is 2. The quantitative estimate of drug-likeness (QED) is 0.128. The molecule has 202 valence electrons. The summed E-state index contributed by atoms with van der Waals surface area (Å²) >= 11 is 4.12. The van der Waals surface area contributed by atoms with Gasteiger partial charge in [0.1, 0.15) is 24.2 Å². The number of hydrogen-bond donors (Lipinski definition) is 7. The molecular formula is C21H33N5O9S. The lowest BCUT2D eigenvalue weighted by Gasteiger charge is -2.30. The zero-order valence-corrected chi connectivity index (χ0v) is 20.6. The molecule has 0 radical (unpaired) electrons. The molecule has 2 fully saturated rings. The van der Waals surface area contributed by atoms with Gasteiger partial charge in [-0.1, -0.05) is 0 Å². The largest absolute Gasteiger partial charge is 0.481 e. The second-order valence-electron chi connectivity index (χ2n) is 8.74. The summed E-state index contributed by atoms with van der Waals surface area (Å²) in [5, 5.41) is 32.6. The highest BCUT2D eigenvalue weighted by Crippen LogP contribution is 2.21. The molecule has 0 spiro atoms. The van der Waals surface area contributed by atoms with Gasteiger partial charge in [0.15, 0.2) is 0 Å². The number of thiol groups is 1. The van der Waals surface area contributed by atoms with Gasteiger partial charge >= 0.3 is 11.9 Å². The van der Waals surface area contributed by atoms with Crippen LogP contribution in [0.2, 0.25) is 0 Å². The Labute approximate surface area is 212 Å². The number of carbonyl (C=O) groups excluding carboxylic acids is 4. The van der Waals surface area contributed by atoms with Crippen LogP contribution in [0.3, 0.4) is 0 Å². The molecule has 0 unspecified atom stereocenters. The van der Waals surface area contributed by atoms with Crippen molar-refractivity contribution in [3.8, 4) is 0 Å². The predicted octanol–water partition coefficient (Wildman–Crippen LogP) is -2.86. The fourth-order valence-corrected chi connectivity index (χ4v) is 4.57. The van der Waals surface area contributed by atoms with E-state index < -0.39 is 72.4 Å². The van der Waals surface area contributed by atoms with Crippen molar-refractivity contribution < 1.29 is 44.1 Å². The van der Waals surface area contributed by atoms with E-state index in [9.17, 15) is 39.0 Å². The molecule has 15 heteroatoms. The predicted molar refractivity (Wildman–Crippen MR) is 127 cm³/mol. The Morgan fingerprint density at radius 3 is 2.00 bits per heavy atom. The van der Waals surface area contributed by atoms with Gasteiger partial charge in [0.2, 0.25) is 23.6 Å². The zero-order chi connectivity index (χ0) is 27.0. The minimum Gasteiger partial charge on any atom is -0.481 e. The van der Waals surface area contributed by atoms with Crippen LogP contribution >= 0.6 is 12.6 Å². The molecule has 4 amide bonds. The van der Waals surface area contributed by atoms with Crippen molar-refractivity contribution in [3.05, 3.63) is 0 Å². The number of carboxylic acids is 2. The zero-order valence-electron chi connectivity index (χ0n) is 19.7. The third kappa shape index (κ3) is 7.30. The van der Waals surface area contributed by atoms with Crippen LogP contribution in [0.1, 0.15) is 38.5 Å². The van der Waals surface area contributed by atoms with Crippen LogP contribution in [0, 0.1) is 0 Å². The number of aliphatic carboxylic acids is 2. The van der Waals surface area contributed by atoms with Gasteiger partial charge in [0, 0.05) is 25.3 Å². The SMILES string of the molecule is N[C@@H](CCC(=O)O)C(=O)N[C@@H](CO)C(=O)N1CCC[C@H]1C(=O)N[C@@H](CS)C(=O)N1CCC[C@H]1C(=O)O. The first-order valence-corrected chi connectivity index (χ1v) is 12.3. The van der Waals surface area contributed by atoms with Crippen LogP contribution in [0.5, 0.6) is 0 Å². The first-order valence-electron chi connectivity index (χ1n) is 11.6. The summed E-state index contributed by atoms with van der Waals surface area (Å²) in [5.41, 5.74) is 5.65. The average molecular weight is 532 g/mol. The lowest BCUT2D eigenvalue weighted by molar-refractivity contribution is -0.149. The summed E-state index contributed by atoms with van der Waals surface area (Å²) in [7, 11) is 0. The van der Waals surface area contributed by atoms with E-state index in [2.05, 4.69) is 23.3 Å². The number of nitrogens with two attached hydrogens (primary N) is 1. The Balaban J connectivity index is 2.03. The van der Waals surface area contributed by atoms with E-state index in [0.29, 0.717) is 19.3 Å². The van der Waals surface area contributed by atoms with E-state index in [0.717, 1.165) is 0 Å². The van der Waals surface area contributed by atoms with Crippen molar-refractivity contribution >= 4 is 48.2 Å². The highest BCUT2D eigenvalue weighted by Gasteiger charge is 2.41. The van der Waals surface area contributed by atoms with Gasteiger partial charge in [0.25, 0.3) is 0 Å². The lowest BCUT2D eigenvalue weighted by Crippen LogP contribution is -2.59. The number of nitrogens with zero attached hydrogens (tertiary/aromatic N) is 2. The number of rotatable bonds is 12. The van der Waals surface area contributed by atoms with Crippen LogP contribution in [0.4, 0.5) is 0 Å². The number of aliphatic hydroxyl groups is 1. The molecule has 0 bridgehead atoms. The molecule has 0 aromatic carbocycles. The van der Waals surface area contributed by atoms with Gasteiger partial charge in [0.05, 0.1) is 12.6 Å². The Morgan fingerprint density at radius 2 is 1.47 bits per heavy atom. The first-order chi connectivity index (χ1) is 17.0. The molecule has 7 N–H and O–H groups in total.